The van der Waals surface area contributed by atoms with E-state index in [4.69, 9.17) is 9.52 Å². The van der Waals surface area contributed by atoms with Gasteiger partial charge in [0.05, 0.1) is 17.2 Å². The average Bonchev–Trinajstić information content (AvgIpc) is 3.30. The molecule has 0 aliphatic carbocycles. The highest BCUT2D eigenvalue weighted by Crippen LogP contribution is 2.26. The van der Waals surface area contributed by atoms with Crippen LogP contribution in [0.25, 0.3) is 0 Å². The summed E-state index contributed by atoms with van der Waals surface area (Å²) in [6.07, 6.45) is 3.73. The molecule has 2 aromatic heterocycles. The van der Waals surface area contributed by atoms with Crippen LogP contribution in [-0.4, -0.2) is 44.0 Å². The van der Waals surface area contributed by atoms with Gasteiger partial charge in [-0.15, -0.1) is 11.3 Å². The van der Waals surface area contributed by atoms with E-state index in [2.05, 4.69) is 9.62 Å². The summed E-state index contributed by atoms with van der Waals surface area (Å²) >= 11 is 0.894. The molecule has 1 fully saturated rings. The molecule has 1 aliphatic rings. The predicted octanol–water partition coefficient (Wildman–Crippen LogP) is 2.15. The Hall–Kier alpha value is -1.68. The second-order valence-corrected chi connectivity index (χ2v) is 8.26. The zero-order chi connectivity index (χ0) is 17.2. The number of likely N-dealkylation sites (tertiary alicyclic amines) is 1. The van der Waals surface area contributed by atoms with Crippen LogP contribution < -0.4 is 4.72 Å². The molecule has 0 radical (unpaired) electrons. The second-order valence-electron chi connectivity index (χ2n) is 5.58. The van der Waals surface area contributed by atoms with Gasteiger partial charge < -0.3 is 9.52 Å². The van der Waals surface area contributed by atoms with Gasteiger partial charge in [0.25, 0.3) is 0 Å². The van der Waals surface area contributed by atoms with Crippen LogP contribution in [-0.2, 0) is 10.0 Å². The number of sulfonamides is 1. The molecule has 0 bridgehead atoms. The predicted molar refractivity (Wildman–Crippen MR) is 88.7 cm³/mol. The van der Waals surface area contributed by atoms with Crippen LogP contribution in [0, 0.1) is 0 Å². The van der Waals surface area contributed by atoms with Crippen LogP contribution in [0.5, 0.6) is 0 Å². The molecule has 1 atom stereocenters. The number of carboxylic acid groups (broad SMARTS) is 1. The Labute approximate surface area is 143 Å². The van der Waals surface area contributed by atoms with E-state index in [0.717, 1.165) is 43.0 Å². The number of carboxylic acids is 1. The molecule has 24 heavy (non-hydrogen) atoms. The molecule has 1 aliphatic heterocycles. The zero-order valence-electron chi connectivity index (χ0n) is 12.8. The van der Waals surface area contributed by atoms with Crippen molar-refractivity contribution < 1.29 is 22.7 Å². The van der Waals surface area contributed by atoms with Crippen LogP contribution in [0.1, 0.15) is 34.3 Å². The van der Waals surface area contributed by atoms with Crippen molar-refractivity contribution in [3.05, 3.63) is 40.5 Å². The zero-order valence-corrected chi connectivity index (χ0v) is 14.5. The maximum atomic E-state index is 12.4. The van der Waals surface area contributed by atoms with Crippen LogP contribution in [0.4, 0.5) is 0 Å². The summed E-state index contributed by atoms with van der Waals surface area (Å²) in [5.74, 6) is -0.414. The first-order valence-electron chi connectivity index (χ1n) is 7.56. The Morgan fingerprint density at radius 2 is 2.17 bits per heavy atom. The van der Waals surface area contributed by atoms with Crippen molar-refractivity contribution in [1.29, 1.82) is 0 Å². The number of carbonyl (C=O) groups is 1. The quantitative estimate of drug-likeness (QED) is 0.775. The van der Waals surface area contributed by atoms with Gasteiger partial charge in [-0.05, 0) is 44.1 Å². The molecular formula is C15H18N2O5S2. The van der Waals surface area contributed by atoms with Gasteiger partial charge in [-0.25, -0.2) is 17.9 Å². The Balaban J connectivity index is 1.74. The summed E-state index contributed by atoms with van der Waals surface area (Å²) in [7, 11) is -3.76. The number of nitrogens with one attached hydrogen (secondary N) is 1. The van der Waals surface area contributed by atoms with Gasteiger partial charge in [0, 0.05) is 11.9 Å². The Morgan fingerprint density at radius 1 is 1.42 bits per heavy atom. The molecule has 0 saturated carbocycles. The first kappa shape index (κ1) is 17.2. The smallest absolute Gasteiger partial charge is 0.345 e. The Morgan fingerprint density at radius 3 is 2.75 bits per heavy atom. The molecule has 130 valence electrons. The lowest BCUT2D eigenvalue weighted by Gasteiger charge is -2.25. The number of nitrogens with zero attached hydrogens (tertiary/aromatic N) is 1. The molecule has 0 unspecified atom stereocenters. The summed E-state index contributed by atoms with van der Waals surface area (Å²) in [4.78, 5) is 13.1. The van der Waals surface area contributed by atoms with Gasteiger partial charge in [-0.2, -0.15) is 0 Å². The van der Waals surface area contributed by atoms with E-state index in [1.807, 2.05) is 6.07 Å². The van der Waals surface area contributed by atoms with E-state index in [9.17, 15) is 13.2 Å². The van der Waals surface area contributed by atoms with E-state index < -0.39 is 16.0 Å². The Kier molecular flexibility index (Phi) is 5.04. The summed E-state index contributed by atoms with van der Waals surface area (Å²) in [6.45, 7) is 1.97. The van der Waals surface area contributed by atoms with E-state index in [-0.39, 0.29) is 22.4 Å². The largest absolute Gasteiger partial charge is 0.477 e. The summed E-state index contributed by atoms with van der Waals surface area (Å²) in [5.41, 5.74) is 0. The topological polar surface area (TPSA) is 99.8 Å². The first-order valence-corrected chi connectivity index (χ1v) is 9.92. The lowest BCUT2D eigenvalue weighted by molar-refractivity contribution is 0.0702. The van der Waals surface area contributed by atoms with E-state index in [0.29, 0.717) is 0 Å². The fourth-order valence-electron chi connectivity index (χ4n) is 2.79. The second kappa shape index (κ2) is 7.06. The van der Waals surface area contributed by atoms with Crippen molar-refractivity contribution in [3.8, 4) is 0 Å². The third-order valence-corrected chi connectivity index (χ3v) is 6.49. The standard InChI is InChI=1S/C15H18N2O5S2/c18-15(19)14-8-11(10-23-14)24(20,21)16-9-12(13-4-3-7-22-13)17-5-1-2-6-17/h3-4,7-8,10,12,16H,1-2,5-6,9H2,(H,18,19)/t12-/m0/s1. The molecule has 3 rings (SSSR count). The fraction of sp³-hybridized carbons (Fsp3) is 0.400. The number of hydrogen-bond acceptors (Lipinski definition) is 6. The molecule has 0 amide bonds. The van der Waals surface area contributed by atoms with Crippen molar-refractivity contribution in [2.45, 2.75) is 23.8 Å². The van der Waals surface area contributed by atoms with E-state index in [1.165, 1.54) is 11.4 Å². The summed E-state index contributed by atoms with van der Waals surface area (Å²) in [6, 6.07) is 4.62. The molecule has 0 spiro atoms. The van der Waals surface area contributed by atoms with Crippen molar-refractivity contribution in [2.24, 2.45) is 0 Å². The highest BCUT2D eigenvalue weighted by molar-refractivity contribution is 7.89. The highest BCUT2D eigenvalue weighted by Gasteiger charge is 2.28. The lowest BCUT2D eigenvalue weighted by Crippen LogP contribution is -2.36. The van der Waals surface area contributed by atoms with Crippen LogP contribution in [0.2, 0.25) is 0 Å². The summed E-state index contributed by atoms with van der Waals surface area (Å²) < 4.78 is 32.9. The van der Waals surface area contributed by atoms with Gasteiger partial charge in [0.15, 0.2) is 0 Å². The van der Waals surface area contributed by atoms with Crippen molar-refractivity contribution >= 4 is 27.3 Å². The molecule has 0 aromatic carbocycles. The first-order chi connectivity index (χ1) is 11.5. The number of aromatic carboxylic acids is 1. The normalized spacial score (nSPS) is 17.2. The van der Waals surface area contributed by atoms with Crippen molar-refractivity contribution in [3.63, 3.8) is 0 Å². The molecule has 7 nitrogen and oxygen atoms in total. The minimum Gasteiger partial charge on any atom is -0.477 e. The molecule has 2 N–H and O–H groups in total. The highest BCUT2D eigenvalue weighted by atomic mass is 32.2. The lowest BCUT2D eigenvalue weighted by atomic mass is 10.2. The monoisotopic (exact) mass is 370 g/mol. The van der Waals surface area contributed by atoms with Crippen LogP contribution >= 0.6 is 11.3 Å². The third kappa shape index (κ3) is 3.69. The molecule has 9 heteroatoms. The number of furan rings is 1. The van der Waals surface area contributed by atoms with Gasteiger partial charge in [-0.3, -0.25) is 4.90 Å². The molecule has 1 saturated heterocycles. The van der Waals surface area contributed by atoms with E-state index >= 15 is 0 Å². The number of hydrogen-bond donors (Lipinski definition) is 2. The Bertz CT molecular complexity index is 792. The summed E-state index contributed by atoms with van der Waals surface area (Å²) in [5, 5.41) is 10.3. The van der Waals surface area contributed by atoms with E-state index in [1.54, 1.807) is 12.3 Å². The van der Waals surface area contributed by atoms with Gasteiger partial charge in [0.2, 0.25) is 10.0 Å². The van der Waals surface area contributed by atoms with Gasteiger partial charge >= 0.3 is 5.97 Å². The maximum absolute atomic E-state index is 12.4. The average molecular weight is 370 g/mol. The SMILES string of the molecule is O=C(O)c1cc(S(=O)(=O)NC[C@@H](c2ccco2)N2CCCC2)cs1. The third-order valence-electron chi connectivity index (χ3n) is 4.02. The van der Waals surface area contributed by atoms with Crippen LogP contribution in [0.3, 0.4) is 0 Å². The molecule has 2 aromatic rings. The minimum atomic E-state index is -3.76. The minimum absolute atomic E-state index is 0.00231. The molecular weight excluding hydrogens is 352 g/mol. The molecule has 3 heterocycles. The van der Waals surface area contributed by atoms with Gasteiger partial charge in [-0.1, -0.05) is 0 Å². The number of rotatable bonds is 7. The van der Waals surface area contributed by atoms with Crippen molar-refractivity contribution in [1.82, 2.24) is 9.62 Å². The number of thiophene rings is 1. The van der Waals surface area contributed by atoms with Crippen LogP contribution in [0.15, 0.2) is 39.2 Å². The van der Waals surface area contributed by atoms with Gasteiger partial charge in [0.1, 0.15) is 10.6 Å². The maximum Gasteiger partial charge on any atom is 0.345 e. The fourth-order valence-corrected chi connectivity index (χ4v) is 4.94. The van der Waals surface area contributed by atoms with Crippen molar-refractivity contribution in [2.75, 3.05) is 19.6 Å².